The minimum absolute atomic E-state index is 0.651. The van der Waals surface area contributed by atoms with Crippen LogP contribution in [0.4, 0.5) is 5.82 Å². The number of hydrogen-bond acceptors (Lipinski definition) is 2. The molecule has 1 heterocycles. The van der Waals surface area contributed by atoms with E-state index >= 15 is 0 Å². The lowest BCUT2D eigenvalue weighted by atomic mass is 9.98. The third-order valence-electron chi connectivity index (χ3n) is 3.64. The molecule has 0 aliphatic heterocycles. The highest BCUT2D eigenvalue weighted by atomic mass is 15.0. The molecule has 0 bridgehead atoms. The van der Waals surface area contributed by atoms with Crippen molar-refractivity contribution in [2.75, 3.05) is 11.9 Å². The van der Waals surface area contributed by atoms with Gasteiger partial charge < -0.3 is 5.32 Å². The summed E-state index contributed by atoms with van der Waals surface area (Å²) in [5, 5.41) is 4.68. The van der Waals surface area contributed by atoms with Crippen molar-refractivity contribution < 1.29 is 0 Å². The number of benzene rings is 1. The molecule has 1 aromatic carbocycles. The summed E-state index contributed by atoms with van der Waals surface area (Å²) < 4.78 is 0. The highest BCUT2D eigenvalue weighted by molar-refractivity contribution is 5.81. The Morgan fingerprint density at radius 3 is 2.61 bits per heavy atom. The Kier molecular flexibility index (Phi) is 3.85. The maximum absolute atomic E-state index is 4.69. The average Bonchev–Trinajstić information content (AvgIpc) is 2.35. The normalized spacial score (nSPS) is 12.9. The van der Waals surface area contributed by atoms with Gasteiger partial charge >= 0.3 is 0 Å². The Labute approximate surface area is 109 Å². The van der Waals surface area contributed by atoms with Gasteiger partial charge in [0, 0.05) is 11.9 Å². The van der Waals surface area contributed by atoms with Crippen LogP contribution in [0.2, 0.25) is 0 Å². The van der Waals surface area contributed by atoms with Gasteiger partial charge in [0.1, 0.15) is 5.82 Å². The van der Waals surface area contributed by atoms with Gasteiger partial charge in [-0.1, -0.05) is 39.0 Å². The summed E-state index contributed by atoms with van der Waals surface area (Å²) >= 11 is 0. The Morgan fingerprint density at radius 1 is 1.17 bits per heavy atom. The summed E-state index contributed by atoms with van der Waals surface area (Å²) in [4.78, 5) is 4.69. The van der Waals surface area contributed by atoms with E-state index in [2.05, 4.69) is 57.3 Å². The van der Waals surface area contributed by atoms with Crippen LogP contribution in [-0.2, 0) is 0 Å². The number of para-hydroxylation sites is 1. The monoisotopic (exact) mass is 242 g/mol. The number of anilines is 1. The maximum atomic E-state index is 4.69. The molecule has 0 aliphatic carbocycles. The molecule has 0 amide bonds. The SMILES string of the molecule is Cc1cc2ccccc2nc1NCC(C)C(C)C. The Bertz CT molecular complexity index is 532. The first-order valence-electron chi connectivity index (χ1n) is 6.68. The number of hydrogen-bond donors (Lipinski definition) is 1. The predicted molar refractivity (Wildman–Crippen MR) is 79.0 cm³/mol. The van der Waals surface area contributed by atoms with Gasteiger partial charge in [-0.15, -0.1) is 0 Å². The van der Waals surface area contributed by atoms with Gasteiger partial charge in [0.15, 0.2) is 0 Å². The van der Waals surface area contributed by atoms with E-state index < -0.39 is 0 Å². The molecule has 0 saturated carbocycles. The topological polar surface area (TPSA) is 24.9 Å². The zero-order valence-electron chi connectivity index (χ0n) is 11.7. The van der Waals surface area contributed by atoms with Gasteiger partial charge in [-0.05, 0) is 36.5 Å². The molecule has 18 heavy (non-hydrogen) atoms. The van der Waals surface area contributed by atoms with E-state index in [-0.39, 0.29) is 0 Å². The Morgan fingerprint density at radius 2 is 1.89 bits per heavy atom. The van der Waals surface area contributed by atoms with E-state index in [0.717, 1.165) is 17.9 Å². The van der Waals surface area contributed by atoms with Crippen LogP contribution in [0.15, 0.2) is 30.3 Å². The van der Waals surface area contributed by atoms with E-state index in [1.54, 1.807) is 0 Å². The fraction of sp³-hybridized carbons (Fsp3) is 0.438. The van der Waals surface area contributed by atoms with Crippen molar-refractivity contribution in [3.8, 4) is 0 Å². The van der Waals surface area contributed by atoms with Crippen molar-refractivity contribution in [1.82, 2.24) is 4.98 Å². The highest BCUT2D eigenvalue weighted by Gasteiger charge is 2.08. The van der Waals surface area contributed by atoms with Gasteiger partial charge in [0.05, 0.1) is 5.52 Å². The number of aromatic nitrogens is 1. The van der Waals surface area contributed by atoms with Gasteiger partial charge in [0.2, 0.25) is 0 Å². The van der Waals surface area contributed by atoms with E-state index in [4.69, 9.17) is 4.98 Å². The van der Waals surface area contributed by atoms with Crippen LogP contribution >= 0.6 is 0 Å². The lowest BCUT2D eigenvalue weighted by Crippen LogP contribution is -2.17. The van der Waals surface area contributed by atoms with Crippen LogP contribution in [0.5, 0.6) is 0 Å². The van der Waals surface area contributed by atoms with Crippen molar-refractivity contribution in [1.29, 1.82) is 0 Å². The maximum Gasteiger partial charge on any atom is 0.129 e. The molecule has 0 saturated heterocycles. The molecule has 2 heteroatoms. The molecule has 1 aromatic heterocycles. The Hall–Kier alpha value is -1.57. The minimum atomic E-state index is 0.651. The zero-order chi connectivity index (χ0) is 13.1. The van der Waals surface area contributed by atoms with Crippen LogP contribution < -0.4 is 5.32 Å². The van der Waals surface area contributed by atoms with E-state index in [0.29, 0.717) is 11.8 Å². The number of aryl methyl sites for hydroxylation is 1. The van der Waals surface area contributed by atoms with E-state index in [1.807, 2.05) is 6.07 Å². The summed E-state index contributed by atoms with van der Waals surface area (Å²) in [6.45, 7) is 9.87. The van der Waals surface area contributed by atoms with Crippen molar-refractivity contribution in [3.05, 3.63) is 35.9 Å². The molecule has 0 aliphatic rings. The summed E-state index contributed by atoms with van der Waals surface area (Å²) in [6, 6.07) is 10.5. The number of rotatable bonds is 4. The molecule has 1 unspecified atom stereocenters. The van der Waals surface area contributed by atoms with E-state index in [1.165, 1.54) is 10.9 Å². The lowest BCUT2D eigenvalue weighted by Gasteiger charge is -2.17. The molecule has 0 radical (unpaired) electrons. The second-order valence-corrected chi connectivity index (χ2v) is 5.45. The van der Waals surface area contributed by atoms with Crippen LogP contribution in [-0.4, -0.2) is 11.5 Å². The molecule has 0 fully saturated rings. The van der Waals surface area contributed by atoms with Gasteiger partial charge in [-0.3, -0.25) is 0 Å². The van der Waals surface area contributed by atoms with Gasteiger partial charge in [-0.2, -0.15) is 0 Å². The number of nitrogens with zero attached hydrogens (tertiary/aromatic N) is 1. The van der Waals surface area contributed by atoms with Gasteiger partial charge in [0.25, 0.3) is 0 Å². The summed E-state index contributed by atoms with van der Waals surface area (Å²) in [5.74, 6) is 2.36. The quantitative estimate of drug-likeness (QED) is 0.867. The Balaban J connectivity index is 2.20. The predicted octanol–water partition coefficient (Wildman–Crippen LogP) is 4.25. The second kappa shape index (κ2) is 5.38. The second-order valence-electron chi connectivity index (χ2n) is 5.45. The molecule has 1 atom stereocenters. The first-order chi connectivity index (χ1) is 8.58. The largest absolute Gasteiger partial charge is 0.370 e. The van der Waals surface area contributed by atoms with Crippen LogP contribution in [0.25, 0.3) is 10.9 Å². The first-order valence-corrected chi connectivity index (χ1v) is 6.68. The fourth-order valence-corrected chi connectivity index (χ4v) is 1.89. The van der Waals surface area contributed by atoms with Crippen LogP contribution in [0, 0.1) is 18.8 Å². The number of nitrogens with one attached hydrogen (secondary N) is 1. The zero-order valence-corrected chi connectivity index (χ0v) is 11.7. The highest BCUT2D eigenvalue weighted by Crippen LogP contribution is 2.20. The smallest absolute Gasteiger partial charge is 0.129 e. The minimum Gasteiger partial charge on any atom is -0.370 e. The van der Waals surface area contributed by atoms with Crippen molar-refractivity contribution in [2.24, 2.45) is 11.8 Å². The lowest BCUT2D eigenvalue weighted by molar-refractivity contribution is 0.439. The van der Waals surface area contributed by atoms with Crippen LogP contribution in [0.3, 0.4) is 0 Å². The average molecular weight is 242 g/mol. The van der Waals surface area contributed by atoms with Crippen molar-refractivity contribution >= 4 is 16.7 Å². The third-order valence-corrected chi connectivity index (χ3v) is 3.64. The number of pyridine rings is 1. The molecule has 2 nitrogen and oxygen atoms in total. The fourth-order valence-electron chi connectivity index (χ4n) is 1.89. The molecule has 96 valence electrons. The summed E-state index contributed by atoms with van der Waals surface area (Å²) in [6.07, 6.45) is 0. The van der Waals surface area contributed by atoms with Gasteiger partial charge in [-0.25, -0.2) is 4.98 Å². The summed E-state index contributed by atoms with van der Waals surface area (Å²) in [5.41, 5.74) is 2.27. The van der Waals surface area contributed by atoms with Crippen molar-refractivity contribution in [2.45, 2.75) is 27.7 Å². The summed E-state index contributed by atoms with van der Waals surface area (Å²) in [7, 11) is 0. The molecule has 2 aromatic rings. The third kappa shape index (κ3) is 2.81. The number of fused-ring (bicyclic) bond motifs is 1. The molecule has 0 spiro atoms. The molecule has 1 N–H and O–H groups in total. The molecular weight excluding hydrogens is 220 g/mol. The molecular formula is C16H22N2. The standard InChI is InChI=1S/C16H22N2/c1-11(2)13(4)10-17-16-12(3)9-14-7-5-6-8-15(14)18-16/h5-9,11,13H,10H2,1-4H3,(H,17,18). The van der Waals surface area contributed by atoms with Crippen molar-refractivity contribution in [3.63, 3.8) is 0 Å². The first kappa shape index (κ1) is 12.9. The van der Waals surface area contributed by atoms with E-state index in [9.17, 15) is 0 Å². The van der Waals surface area contributed by atoms with Crippen LogP contribution in [0.1, 0.15) is 26.3 Å². The molecule has 2 rings (SSSR count).